The molecule has 0 amide bonds. The Bertz CT molecular complexity index is 953. The number of fused-ring (bicyclic) bond motifs is 1. The van der Waals surface area contributed by atoms with Crippen molar-refractivity contribution in [1.82, 2.24) is 9.88 Å². The number of nitrogens with zero attached hydrogens (tertiary/aromatic N) is 4. The summed E-state index contributed by atoms with van der Waals surface area (Å²) in [5.41, 5.74) is 1.35. The molecule has 1 aromatic heterocycles. The molecular formula is C20H22N4O4S. The lowest BCUT2D eigenvalue weighted by atomic mass is 9.93. The van der Waals surface area contributed by atoms with Crippen LogP contribution < -0.4 is 9.47 Å². The zero-order chi connectivity index (χ0) is 20.5. The van der Waals surface area contributed by atoms with Crippen LogP contribution >= 0.6 is 11.8 Å². The van der Waals surface area contributed by atoms with Gasteiger partial charge >= 0.3 is 0 Å². The number of aromatic nitrogens is 1. The summed E-state index contributed by atoms with van der Waals surface area (Å²) in [5, 5.41) is 12.9. The van der Waals surface area contributed by atoms with E-state index in [2.05, 4.69) is 16.8 Å². The average Bonchev–Trinajstić information content (AvgIpc) is 3.32. The van der Waals surface area contributed by atoms with Crippen molar-refractivity contribution in [3.63, 3.8) is 0 Å². The maximum Gasteiger partial charge on any atom is 0.278 e. The van der Waals surface area contributed by atoms with Crippen LogP contribution in [0.1, 0.15) is 36.7 Å². The maximum absolute atomic E-state index is 12.0. The van der Waals surface area contributed by atoms with Crippen LogP contribution in [-0.4, -0.2) is 46.0 Å². The third kappa shape index (κ3) is 3.29. The molecule has 1 aromatic carbocycles. The van der Waals surface area contributed by atoms with Gasteiger partial charge in [-0.1, -0.05) is 24.8 Å². The third-order valence-electron chi connectivity index (χ3n) is 5.38. The molecule has 0 spiro atoms. The van der Waals surface area contributed by atoms with Crippen LogP contribution in [0.2, 0.25) is 0 Å². The summed E-state index contributed by atoms with van der Waals surface area (Å²) in [6.07, 6.45) is 2.65. The summed E-state index contributed by atoms with van der Waals surface area (Å²) in [4.78, 5) is 23.2. The summed E-state index contributed by atoms with van der Waals surface area (Å²) in [6.45, 7) is 2.13. The Morgan fingerprint density at radius 3 is 2.66 bits per heavy atom. The second kappa shape index (κ2) is 7.90. The Morgan fingerprint density at radius 1 is 1.28 bits per heavy atom. The minimum Gasteiger partial charge on any atom is -0.493 e. The highest BCUT2D eigenvalue weighted by Crippen LogP contribution is 2.52. The molecule has 0 bridgehead atoms. The minimum absolute atomic E-state index is 0.00298. The minimum atomic E-state index is -0.366. The number of nitro groups is 1. The number of ether oxygens (including phenoxy) is 2. The monoisotopic (exact) mass is 414 g/mol. The molecule has 0 aliphatic carbocycles. The highest BCUT2D eigenvalue weighted by molar-refractivity contribution is 8.14. The highest BCUT2D eigenvalue weighted by atomic mass is 32.2. The number of amidine groups is 1. The lowest BCUT2D eigenvalue weighted by Crippen LogP contribution is -2.35. The Kier molecular flexibility index (Phi) is 5.31. The number of methoxy groups -OCH3 is 2. The number of benzene rings is 1. The van der Waals surface area contributed by atoms with Crippen molar-refractivity contribution in [3.8, 4) is 11.5 Å². The van der Waals surface area contributed by atoms with E-state index in [0.717, 1.165) is 23.0 Å². The Labute approximate surface area is 173 Å². The predicted molar refractivity (Wildman–Crippen MR) is 112 cm³/mol. The van der Waals surface area contributed by atoms with Crippen molar-refractivity contribution in [3.05, 3.63) is 57.9 Å². The van der Waals surface area contributed by atoms with Gasteiger partial charge in [-0.2, -0.15) is 0 Å². The quantitative estimate of drug-likeness (QED) is 0.521. The number of hydrogen-bond acceptors (Lipinski definition) is 8. The standard InChI is InChI=1S/C20H22N4O4S/c1-4-12-11-29-20-22-18(14-7-5-6-8-21-14)19(23(12)20)13-9-16(27-2)17(28-3)10-15(13)24(25)26/h5-10,12,18-19H,4,11H2,1-3H3/t12-,18-,19-/m1/s1. The first-order chi connectivity index (χ1) is 14.1. The van der Waals surface area contributed by atoms with E-state index >= 15 is 0 Å². The van der Waals surface area contributed by atoms with Gasteiger partial charge in [0.25, 0.3) is 5.69 Å². The molecule has 2 aliphatic rings. The summed E-state index contributed by atoms with van der Waals surface area (Å²) in [5.74, 6) is 1.71. The lowest BCUT2D eigenvalue weighted by molar-refractivity contribution is -0.386. The molecule has 9 heteroatoms. The topological polar surface area (TPSA) is 90.1 Å². The maximum atomic E-state index is 12.0. The fourth-order valence-electron chi connectivity index (χ4n) is 3.97. The van der Waals surface area contributed by atoms with E-state index in [4.69, 9.17) is 14.5 Å². The molecule has 0 unspecified atom stereocenters. The van der Waals surface area contributed by atoms with Gasteiger partial charge in [0.15, 0.2) is 16.7 Å². The Balaban J connectivity index is 1.91. The van der Waals surface area contributed by atoms with Crippen LogP contribution in [0.3, 0.4) is 0 Å². The molecule has 1 saturated heterocycles. The van der Waals surface area contributed by atoms with E-state index in [-0.39, 0.29) is 28.7 Å². The number of rotatable bonds is 6. The van der Waals surface area contributed by atoms with Crippen LogP contribution in [0.4, 0.5) is 5.69 Å². The van der Waals surface area contributed by atoms with Crippen LogP contribution in [0.15, 0.2) is 41.5 Å². The van der Waals surface area contributed by atoms with E-state index in [0.29, 0.717) is 17.1 Å². The molecule has 152 valence electrons. The van der Waals surface area contributed by atoms with Crippen molar-refractivity contribution >= 4 is 22.6 Å². The molecule has 0 N–H and O–H groups in total. The molecule has 2 aromatic rings. The molecule has 3 atom stereocenters. The summed E-state index contributed by atoms with van der Waals surface area (Å²) >= 11 is 1.70. The summed E-state index contributed by atoms with van der Waals surface area (Å²) < 4.78 is 10.7. The fraction of sp³-hybridized carbons (Fsp3) is 0.400. The van der Waals surface area contributed by atoms with Crippen molar-refractivity contribution in [1.29, 1.82) is 0 Å². The number of thioether (sulfide) groups is 1. The van der Waals surface area contributed by atoms with Gasteiger partial charge in [0.1, 0.15) is 6.04 Å². The molecule has 2 aliphatic heterocycles. The van der Waals surface area contributed by atoms with Gasteiger partial charge in [-0.15, -0.1) is 0 Å². The third-order valence-corrected chi connectivity index (χ3v) is 6.50. The van der Waals surface area contributed by atoms with Crippen LogP contribution in [0.25, 0.3) is 0 Å². The first kappa shape index (κ1) is 19.5. The molecular weight excluding hydrogens is 392 g/mol. The van der Waals surface area contributed by atoms with E-state index in [1.807, 2.05) is 18.2 Å². The van der Waals surface area contributed by atoms with Gasteiger partial charge in [0.05, 0.1) is 42.5 Å². The molecule has 29 heavy (non-hydrogen) atoms. The van der Waals surface area contributed by atoms with Gasteiger partial charge in [-0.3, -0.25) is 20.1 Å². The van der Waals surface area contributed by atoms with E-state index in [9.17, 15) is 10.1 Å². The molecule has 3 heterocycles. The SMILES string of the molecule is CC[C@@H]1CSC2=N[C@H](c3ccccn3)[C@@H](c3cc(OC)c(OC)cc3[N+](=O)[O-])N21. The smallest absolute Gasteiger partial charge is 0.278 e. The van der Waals surface area contributed by atoms with Crippen molar-refractivity contribution in [2.45, 2.75) is 31.5 Å². The lowest BCUT2D eigenvalue weighted by Gasteiger charge is -2.31. The van der Waals surface area contributed by atoms with Crippen LogP contribution in [0, 0.1) is 10.1 Å². The number of aliphatic imine (C=N–C) groups is 1. The fourth-order valence-corrected chi connectivity index (χ4v) is 5.30. The van der Waals surface area contributed by atoms with Crippen LogP contribution in [-0.2, 0) is 0 Å². The van der Waals surface area contributed by atoms with Crippen molar-refractivity contribution in [2.75, 3.05) is 20.0 Å². The van der Waals surface area contributed by atoms with E-state index < -0.39 is 0 Å². The highest BCUT2D eigenvalue weighted by Gasteiger charge is 2.47. The van der Waals surface area contributed by atoms with Gasteiger partial charge in [0.2, 0.25) is 0 Å². The second-order valence-corrected chi connectivity index (χ2v) is 7.85. The first-order valence-corrected chi connectivity index (χ1v) is 10.4. The van der Waals surface area contributed by atoms with E-state index in [1.165, 1.54) is 20.3 Å². The number of pyridine rings is 1. The van der Waals surface area contributed by atoms with E-state index in [1.54, 1.807) is 24.0 Å². The summed E-state index contributed by atoms with van der Waals surface area (Å²) in [7, 11) is 3.00. The van der Waals surface area contributed by atoms with Gasteiger partial charge < -0.3 is 14.4 Å². The number of hydrogen-bond donors (Lipinski definition) is 0. The molecule has 0 saturated carbocycles. The zero-order valence-electron chi connectivity index (χ0n) is 16.4. The average molecular weight is 414 g/mol. The Hall–Kier alpha value is -2.81. The normalized spacial score (nSPS) is 22.9. The molecule has 8 nitrogen and oxygen atoms in total. The van der Waals surface area contributed by atoms with Crippen LogP contribution in [0.5, 0.6) is 11.5 Å². The number of nitro benzene ring substituents is 1. The van der Waals surface area contributed by atoms with Crippen molar-refractivity contribution in [2.24, 2.45) is 4.99 Å². The van der Waals surface area contributed by atoms with Gasteiger partial charge in [-0.25, -0.2) is 0 Å². The van der Waals surface area contributed by atoms with Crippen molar-refractivity contribution < 1.29 is 14.4 Å². The van der Waals surface area contributed by atoms with Gasteiger partial charge in [-0.05, 0) is 24.6 Å². The predicted octanol–water partition coefficient (Wildman–Crippen LogP) is 3.99. The zero-order valence-corrected chi connectivity index (χ0v) is 17.3. The summed E-state index contributed by atoms with van der Waals surface area (Å²) in [6, 6.07) is 8.43. The Morgan fingerprint density at radius 2 is 2.03 bits per heavy atom. The molecule has 0 radical (unpaired) electrons. The second-order valence-electron chi connectivity index (χ2n) is 6.86. The first-order valence-electron chi connectivity index (χ1n) is 9.39. The molecule has 4 rings (SSSR count). The molecule has 1 fully saturated rings. The van der Waals surface area contributed by atoms with Gasteiger partial charge in [0, 0.05) is 18.0 Å². The largest absolute Gasteiger partial charge is 0.493 e.